The lowest BCUT2D eigenvalue weighted by molar-refractivity contribution is 0.693. The van der Waals surface area contributed by atoms with Gasteiger partial charge in [0, 0.05) is 5.92 Å². The maximum atomic E-state index is 6.07. The number of nitrogens with two attached hydrogens (primary N) is 1. The molecule has 3 heteroatoms. The second-order valence-corrected chi connectivity index (χ2v) is 6.04. The minimum atomic E-state index is 0.298. The number of hydrogen-bond acceptors (Lipinski definition) is 1. The van der Waals surface area contributed by atoms with Crippen LogP contribution >= 0.6 is 23.2 Å². The zero-order chi connectivity index (χ0) is 14.7. The van der Waals surface area contributed by atoms with Crippen molar-refractivity contribution in [2.24, 2.45) is 5.73 Å². The van der Waals surface area contributed by atoms with Gasteiger partial charge in [-0.15, -0.1) is 0 Å². The van der Waals surface area contributed by atoms with Crippen LogP contribution in [0.4, 0.5) is 0 Å². The Bertz CT molecular complexity index is 608. The van der Waals surface area contributed by atoms with Crippen LogP contribution in [0.1, 0.15) is 28.2 Å². The van der Waals surface area contributed by atoms with Gasteiger partial charge >= 0.3 is 0 Å². The Morgan fingerprint density at radius 2 is 1.70 bits per heavy atom. The summed E-state index contributed by atoms with van der Waals surface area (Å²) < 4.78 is 0. The van der Waals surface area contributed by atoms with Gasteiger partial charge in [0.1, 0.15) is 0 Å². The van der Waals surface area contributed by atoms with Crippen molar-refractivity contribution in [2.75, 3.05) is 6.54 Å². The molecule has 106 valence electrons. The molecule has 0 bridgehead atoms. The van der Waals surface area contributed by atoms with E-state index in [2.05, 4.69) is 32.0 Å². The Morgan fingerprint density at radius 1 is 0.950 bits per heavy atom. The molecule has 0 saturated carbocycles. The molecule has 0 spiro atoms. The molecule has 0 amide bonds. The second-order valence-electron chi connectivity index (χ2n) is 5.23. The van der Waals surface area contributed by atoms with Crippen LogP contribution in [0.15, 0.2) is 36.4 Å². The number of halogens is 2. The summed E-state index contributed by atoms with van der Waals surface area (Å²) in [5.74, 6) is 0.298. The summed E-state index contributed by atoms with van der Waals surface area (Å²) in [5, 5.41) is 1.19. The normalized spacial score (nSPS) is 12.4. The van der Waals surface area contributed by atoms with Gasteiger partial charge in [-0.2, -0.15) is 0 Å². The van der Waals surface area contributed by atoms with Gasteiger partial charge in [0.05, 0.1) is 10.0 Å². The second kappa shape index (κ2) is 6.62. The standard InChI is InChI=1S/C17H19Cl2N/c1-11-3-5-14(7-12(11)2)15(10-20)8-13-4-6-16(18)17(19)9-13/h3-7,9,15H,8,10,20H2,1-2H3. The molecule has 0 radical (unpaired) electrons. The summed E-state index contributed by atoms with van der Waals surface area (Å²) in [6.45, 7) is 4.86. The van der Waals surface area contributed by atoms with Crippen LogP contribution in [0.3, 0.4) is 0 Å². The molecule has 1 atom stereocenters. The zero-order valence-corrected chi connectivity index (χ0v) is 13.3. The van der Waals surface area contributed by atoms with Crippen LogP contribution in [0.5, 0.6) is 0 Å². The molecule has 1 unspecified atom stereocenters. The van der Waals surface area contributed by atoms with Crippen molar-refractivity contribution in [2.45, 2.75) is 26.2 Å². The lowest BCUT2D eigenvalue weighted by Crippen LogP contribution is -2.15. The summed E-state index contributed by atoms with van der Waals surface area (Å²) in [6, 6.07) is 12.3. The Kier molecular flexibility index (Phi) is 5.09. The highest BCUT2D eigenvalue weighted by molar-refractivity contribution is 6.42. The number of aryl methyl sites for hydroxylation is 2. The molecule has 0 heterocycles. The molecule has 0 fully saturated rings. The zero-order valence-electron chi connectivity index (χ0n) is 11.8. The maximum Gasteiger partial charge on any atom is 0.0595 e. The fraction of sp³-hybridized carbons (Fsp3) is 0.294. The van der Waals surface area contributed by atoms with E-state index in [9.17, 15) is 0 Å². The number of rotatable bonds is 4. The van der Waals surface area contributed by atoms with E-state index in [0.717, 1.165) is 12.0 Å². The average molecular weight is 308 g/mol. The van der Waals surface area contributed by atoms with E-state index >= 15 is 0 Å². The summed E-state index contributed by atoms with van der Waals surface area (Å²) in [5.41, 5.74) is 11.0. The van der Waals surface area contributed by atoms with Crippen LogP contribution < -0.4 is 5.73 Å². The molecular weight excluding hydrogens is 289 g/mol. The van der Waals surface area contributed by atoms with Crippen LogP contribution in [0.25, 0.3) is 0 Å². The summed E-state index contributed by atoms with van der Waals surface area (Å²) in [4.78, 5) is 0. The largest absolute Gasteiger partial charge is 0.330 e. The smallest absolute Gasteiger partial charge is 0.0595 e. The SMILES string of the molecule is Cc1ccc(C(CN)Cc2ccc(Cl)c(Cl)c2)cc1C. The molecule has 20 heavy (non-hydrogen) atoms. The van der Waals surface area contributed by atoms with E-state index in [1.807, 2.05) is 18.2 Å². The first-order valence-electron chi connectivity index (χ1n) is 6.72. The average Bonchev–Trinajstić information content (AvgIpc) is 2.43. The van der Waals surface area contributed by atoms with Crippen molar-refractivity contribution < 1.29 is 0 Å². The molecule has 2 N–H and O–H groups in total. The van der Waals surface area contributed by atoms with E-state index < -0.39 is 0 Å². The molecule has 0 aliphatic rings. The fourth-order valence-corrected chi connectivity index (χ4v) is 2.63. The van der Waals surface area contributed by atoms with Gasteiger partial charge in [0.2, 0.25) is 0 Å². The highest BCUT2D eigenvalue weighted by Gasteiger charge is 2.12. The van der Waals surface area contributed by atoms with Gasteiger partial charge in [0.25, 0.3) is 0 Å². The van der Waals surface area contributed by atoms with Crippen LogP contribution in [0.2, 0.25) is 10.0 Å². The quantitative estimate of drug-likeness (QED) is 0.854. The Labute approximate surface area is 130 Å². The van der Waals surface area contributed by atoms with Crippen molar-refractivity contribution in [3.8, 4) is 0 Å². The van der Waals surface area contributed by atoms with Crippen molar-refractivity contribution >= 4 is 23.2 Å². The highest BCUT2D eigenvalue weighted by atomic mass is 35.5. The molecule has 0 aliphatic heterocycles. The fourth-order valence-electron chi connectivity index (χ4n) is 2.31. The van der Waals surface area contributed by atoms with Crippen LogP contribution in [0, 0.1) is 13.8 Å². The summed E-state index contributed by atoms with van der Waals surface area (Å²) in [7, 11) is 0. The third-order valence-corrected chi connectivity index (χ3v) is 4.49. The third-order valence-electron chi connectivity index (χ3n) is 3.75. The van der Waals surface area contributed by atoms with E-state index in [1.54, 1.807) is 0 Å². The first-order valence-corrected chi connectivity index (χ1v) is 7.48. The Balaban J connectivity index is 2.23. The van der Waals surface area contributed by atoms with Crippen molar-refractivity contribution in [3.63, 3.8) is 0 Å². The highest BCUT2D eigenvalue weighted by Crippen LogP contribution is 2.27. The minimum absolute atomic E-state index is 0.298. The molecule has 2 rings (SSSR count). The Morgan fingerprint density at radius 3 is 2.30 bits per heavy atom. The first-order chi connectivity index (χ1) is 9.51. The lowest BCUT2D eigenvalue weighted by Gasteiger charge is -2.17. The first kappa shape index (κ1) is 15.4. The predicted molar refractivity (Wildman–Crippen MR) is 87.9 cm³/mol. The van der Waals surface area contributed by atoms with Gasteiger partial charge in [-0.3, -0.25) is 0 Å². The third kappa shape index (κ3) is 3.54. The van der Waals surface area contributed by atoms with Gasteiger partial charge in [-0.1, -0.05) is 47.5 Å². The van der Waals surface area contributed by atoms with Crippen LogP contribution in [-0.2, 0) is 6.42 Å². The molecule has 0 aliphatic carbocycles. The van der Waals surface area contributed by atoms with E-state index in [4.69, 9.17) is 28.9 Å². The van der Waals surface area contributed by atoms with E-state index in [0.29, 0.717) is 22.5 Å². The van der Waals surface area contributed by atoms with Crippen molar-refractivity contribution in [1.29, 1.82) is 0 Å². The molecule has 0 saturated heterocycles. The van der Waals surface area contributed by atoms with Gasteiger partial charge in [0.15, 0.2) is 0 Å². The van der Waals surface area contributed by atoms with Gasteiger partial charge < -0.3 is 5.73 Å². The monoisotopic (exact) mass is 307 g/mol. The summed E-state index contributed by atoms with van der Waals surface area (Å²) in [6.07, 6.45) is 0.871. The summed E-state index contributed by atoms with van der Waals surface area (Å²) >= 11 is 12.0. The minimum Gasteiger partial charge on any atom is -0.330 e. The topological polar surface area (TPSA) is 26.0 Å². The van der Waals surface area contributed by atoms with Gasteiger partial charge in [-0.05, 0) is 61.2 Å². The predicted octanol–water partition coefficient (Wildman–Crippen LogP) is 4.90. The van der Waals surface area contributed by atoms with Crippen molar-refractivity contribution in [3.05, 3.63) is 68.7 Å². The lowest BCUT2D eigenvalue weighted by atomic mass is 9.90. The molecule has 2 aromatic rings. The van der Waals surface area contributed by atoms with Crippen molar-refractivity contribution in [1.82, 2.24) is 0 Å². The maximum absolute atomic E-state index is 6.07. The number of hydrogen-bond donors (Lipinski definition) is 1. The van der Waals surface area contributed by atoms with Gasteiger partial charge in [-0.25, -0.2) is 0 Å². The molecule has 1 nitrogen and oxygen atoms in total. The number of benzene rings is 2. The Hall–Kier alpha value is -1.02. The van der Waals surface area contributed by atoms with Crippen LogP contribution in [-0.4, -0.2) is 6.54 Å². The molecular formula is C17H19Cl2N. The molecule has 0 aromatic heterocycles. The van der Waals surface area contributed by atoms with E-state index in [1.165, 1.54) is 16.7 Å². The van der Waals surface area contributed by atoms with E-state index in [-0.39, 0.29) is 0 Å². The molecule has 2 aromatic carbocycles.